The monoisotopic (exact) mass is 579 g/mol. The van der Waals surface area contributed by atoms with Gasteiger partial charge in [0, 0.05) is 25.8 Å². The van der Waals surface area contributed by atoms with Gasteiger partial charge in [-0.1, -0.05) is 5.16 Å². The molecule has 2 N–H and O–H groups in total. The van der Waals surface area contributed by atoms with Gasteiger partial charge in [0.15, 0.2) is 27.8 Å². The van der Waals surface area contributed by atoms with Crippen molar-refractivity contribution in [3.05, 3.63) is 16.1 Å². The second kappa shape index (κ2) is 12.8. The lowest BCUT2D eigenvalue weighted by Crippen LogP contribution is -2.58. The number of likely N-dealkylation sites (N-methyl/N-ethyl adjacent to an activating group) is 1. The summed E-state index contributed by atoms with van der Waals surface area (Å²) in [5, 5.41) is 5.84. The number of carbonyl (C=O) groups excluding carboxylic acids is 6. The van der Waals surface area contributed by atoms with Gasteiger partial charge >= 0.3 is 14.0 Å². The molecule has 3 atom stereocenters. The Balaban J connectivity index is 0.000000580. The number of aromatic nitrogens is 1. The molecule has 0 bridgehead atoms. The maximum absolute atomic E-state index is 13.1. The van der Waals surface area contributed by atoms with Gasteiger partial charge in [-0.05, 0) is 27.7 Å². The molecule has 3 rings (SSSR count). The molecule has 2 fully saturated rings. The third kappa shape index (κ3) is 7.51. The number of oxime groups is 1. The number of carbonyl (C=O) groups is 6. The zero-order valence-corrected chi connectivity index (χ0v) is 24.1. The van der Waals surface area contributed by atoms with E-state index in [1.807, 2.05) is 0 Å². The number of aryl methyl sites for hydroxylation is 1. The number of thiazole rings is 1. The van der Waals surface area contributed by atoms with Crippen molar-refractivity contribution in [3.8, 4) is 0 Å². The molecule has 0 aromatic carbocycles. The van der Waals surface area contributed by atoms with E-state index in [0.717, 1.165) is 11.8 Å². The van der Waals surface area contributed by atoms with E-state index in [9.17, 15) is 28.8 Å². The van der Waals surface area contributed by atoms with Gasteiger partial charge in [-0.25, -0.2) is 4.98 Å². The number of ketones is 2. The molecule has 13 nitrogen and oxygen atoms in total. The summed E-state index contributed by atoms with van der Waals surface area (Å²) in [4.78, 5) is 80.1. The molecule has 0 saturated carbocycles. The number of aldehydes is 1. The number of β-lactam (4-membered cyclic amide) rings is 1. The van der Waals surface area contributed by atoms with E-state index in [1.54, 1.807) is 19.4 Å². The van der Waals surface area contributed by atoms with E-state index in [2.05, 4.69) is 14.8 Å². The molecular formula is C23H30BN5O8S2. The zero-order valence-electron chi connectivity index (χ0n) is 22.5. The van der Waals surface area contributed by atoms with E-state index in [1.165, 1.54) is 48.8 Å². The van der Waals surface area contributed by atoms with Crippen molar-refractivity contribution in [2.45, 2.75) is 56.9 Å². The summed E-state index contributed by atoms with van der Waals surface area (Å²) < 4.78 is 4.23. The normalized spacial score (nSPS) is 22.1. The van der Waals surface area contributed by atoms with Gasteiger partial charge in [-0.3, -0.25) is 24.0 Å². The van der Waals surface area contributed by atoms with Crippen molar-refractivity contribution in [1.82, 2.24) is 14.8 Å². The number of thioether (sulfide) groups is 1. The van der Waals surface area contributed by atoms with E-state index >= 15 is 0 Å². The van der Waals surface area contributed by atoms with Crippen LogP contribution in [0.4, 0.5) is 0 Å². The average Bonchev–Trinajstić information content (AvgIpc) is 3.44. The molecule has 1 unspecified atom stereocenters. The summed E-state index contributed by atoms with van der Waals surface area (Å²) in [5.74, 6) is -2.67. The lowest BCUT2D eigenvalue weighted by molar-refractivity contribution is -0.152. The van der Waals surface area contributed by atoms with Crippen LogP contribution in [0.25, 0.3) is 0 Å². The third-order valence-corrected chi connectivity index (χ3v) is 8.38. The molecule has 0 aliphatic carbocycles. The third-order valence-electron chi connectivity index (χ3n) is 6.07. The summed E-state index contributed by atoms with van der Waals surface area (Å²) in [6, 6.07) is 0. The Labute approximate surface area is 235 Å². The standard InChI is InChI=1S/C18H21BN4O6S2.C5H9NO2/c1-8(24)17(3,4)29-22-13(11-6-30-9(2)21-11)12(25)5-10-14(26)23-7-18(20,16(27)28-19)31-15(10)23;1-5(8)6(2)3-4-7/h6,10,15H,5,7,20H2,1-4H3;4H,3H2,1-2H3/b22-13-;/t10-,15?,18-;/m1./s1. The Morgan fingerprint density at radius 3 is 2.46 bits per heavy atom. The Morgan fingerprint density at radius 1 is 1.36 bits per heavy atom. The van der Waals surface area contributed by atoms with Crippen LogP contribution in [-0.2, 0) is 38.3 Å². The predicted octanol–water partition coefficient (Wildman–Crippen LogP) is -0.0244. The van der Waals surface area contributed by atoms with Gasteiger partial charge < -0.3 is 29.8 Å². The minimum absolute atomic E-state index is 0.0516. The number of nitrogens with two attached hydrogens (primary N) is 1. The average molecular weight is 579 g/mol. The first kappa shape index (κ1) is 32.1. The minimum atomic E-state index is -1.48. The number of nitrogens with zero attached hydrogens (tertiary/aromatic N) is 4. The molecule has 2 radical (unpaired) electrons. The summed E-state index contributed by atoms with van der Waals surface area (Å²) in [6.45, 7) is 7.76. The highest BCUT2D eigenvalue weighted by molar-refractivity contribution is 8.02. The van der Waals surface area contributed by atoms with Gasteiger partial charge in [0.1, 0.15) is 12.0 Å². The van der Waals surface area contributed by atoms with Crippen LogP contribution in [0.5, 0.6) is 0 Å². The highest BCUT2D eigenvalue weighted by Gasteiger charge is 2.60. The molecule has 2 aliphatic rings. The molecule has 2 aliphatic heterocycles. The Kier molecular flexibility index (Phi) is 10.6. The van der Waals surface area contributed by atoms with Gasteiger partial charge in [0.2, 0.25) is 11.8 Å². The topological polar surface area (TPSA) is 179 Å². The highest BCUT2D eigenvalue weighted by atomic mass is 32.2. The smallest absolute Gasteiger partial charge is 0.378 e. The molecule has 1 aromatic heterocycles. The number of amides is 2. The van der Waals surface area contributed by atoms with Crippen molar-refractivity contribution in [2.24, 2.45) is 16.8 Å². The van der Waals surface area contributed by atoms with E-state index < -0.39 is 33.5 Å². The van der Waals surface area contributed by atoms with Gasteiger partial charge in [-0.2, -0.15) is 0 Å². The maximum Gasteiger partial charge on any atom is 0.378 e. The molecule has 16 heteroatoms. The first-order valence-electron chi connectivity index (χ1n) is 11.6. The second-order valence-electron chi connectivity index (χ2n) is 9.42. The van der Waals surface area contributed by atoms with Gasteiger partial charge in [0.05, 0.1) is 29.4 Å². The fourth-order valence-corrected chi connectivity index (χ4v) is 5.36. The van der Waals surface area contributed by atoms with Gasteiger partial charge in [0.25, 0.3) is 0 Å². The summed E-state index contributed by atoms with van der Waals surface area (Å²) in [7, 11) is 6.51. The maximum atomic E-state index is 13.1. The van der Waals surface area contributed by atoms with Crippen LogP contribution in [0.2, 0.25) is 0 Å². The summed E-state index contributed by atoms with van der Waals surface area (Å²) in [6.07, 6.45) is 0.515. The van der Waals surface area contributed by atoms with E-state index in [0.29, 0.717) is 17.0 Å². The van der Waals surface area contributed by atoms with Crippen LogP contribution in [0.1, 0.15) is 44.8 Å². The first-order chi connectivity index (χ1) is 18.1. The predicted molar refractivity (Wildman–Crippen MR) is 144 cm³/mol. The molecule has 2 amide bonds. The Morgan fingerprint density at radius 2 is 2.00 bits per heavy atom. The Bertz CT molecular complexity index is 1190. The lowest BCUT2D eigenvalue weighted by Gasteiger charge is -2.41. The van der Waals surface area contributed by atoms with Crippen LogP contribution in [-0.4, -0.2) is 100 Å². The fraction of sp³-hybridized carbons (Fsp3) is 0.565. The summed E-state index contributed by atoms with van der Waals surface area (Å²) in [5.41, 5.74) is 5.00. The summed E-state index contributed by atoms with van der Waals surface area (Å²) >= 11 is 2.35. The number of hydrogen-bond donors (Lipinski definition) is 1. The van der Waals surface area contributed by atoms with E-state index in [-0.39, 0.29) is 42.8 Å². The lowest BCUT2D eigenvalue weighted by atomic mass is 9.90. The largest absolute Gasteiger partial charge is 0.541 e. The number of hydrogen-bond acceptors (Lipinski definition) is 13. The first-order valence-corrected chi connectivity index (χ1v) is 13.4. The molecule has 39 heavy (non-hydrogen) atoms. The van der Waals surface area contributed by atoms with Crippen LogP contribution in [0.15, 0.2) is 10.5 Å². The SMILES string of the molecule is CC(=O)N(C)CC=O.[B]OC(=O)[C@@]1(N)CN2C(=O)[C@@H](CC(=O)/C(=N\OC(C)(C)C(C)=O)c3csc(C)n3)C2S1. The van der Waals surface area contributed by atoms with Crippen LogP contribution in [0, 0.1) is 12.8 Å². The van der Waals surface area contributed by atoms with Crippen molar-refractivity contribution < 1.29 is 38.3 Å². The number of Topliss-reactive ketones (excluding diaryl/α,β-unsaturated/α-hetero) is 2. The Hall–Kier alpha value is -3.11. The van der Waals surface area contributed by atoms with Crippen LogP contribution < -0.4 is 5.73 Å². The molecule has 210 valence electrons. The fourth-order valence-electron chi connectivity index (χ4n) is 3.29. The van der Waals surface area contributed by atoms with Crippen molar-refractivity contribution in [3.63, 3.8) is 0 Å². The zero-order chi connectivity index (χ0) is 29.7. The van der Waals surface area contributed by atoms with Crippen LogP contribution in [0.3, 0.4) is 0 Å². The minimum Gasteiger partial charge on any atom is -0.541 e. The van der Waals surface area contributed by atoms with Crippen molar-refractivity contribution in [2.75, 3.05) is 20.1 Å². The van der Waals surface area contributed by atoms with Gasteiger partial charge in [-0.15, -0.1) is 23.1 Å². The van der Waals surface area contributed by atoms with Crippen LogP contribution >= 0.6 is 23.1 Å². The molecular weight excluding hydrogens is 549 g/mol. The molecule has 0 spiro atoms. The molecule has 3 heterocycles. The quantitative estimate of drug-likeness (QED) is 0.129. The number of fused-ring (bicyclic) bond motifs is 1. The molecule has 2 saturated heterocycles. The number of rotatable bonds is 10. The van der Waals surface area contributed by atoms with Crippen molar-refractivity contribution in [1.29, 1.82) is 0 Å². The highest BCUT2D eigenvalue weighted by Crippen LogP contribution is 2.48. The second-order valence-corrected chi connectivity index (χ2v) is 11.9. The van der Waals surface area contributed by atoms with E-state index in [4.69, 9.17) is 18.6 Å². The van der Waals surface area contributed by atoms with Crippen molar-refractivity contribution >= 4 is 72.5 Å². The molecule has 1 aromatic rings.